The number of aryl methyl sites for hydroxylation is 2. The average Bonchev–Trinajstić information content (AvgIpc) is 2.91. The summed E-state index contributed by atoms with van der Waals surface area (Å²) in [5.74, 6) is 2.10. The molecule has 1 aliphatic heterocycles. The molecule has 114 valence electrons. The van der Waals surface area contributed by atoms with Crippen LogP contribution in [0.1, 0.15) is 37.1 Å². The minimum atomic E-state index is 0.156. The molecule has 0 bridgehead atoms. The molecular weight excluding hydrogens is 284 g/mol. The van der Waals surface area contributed by atoms with Gasteiger partial charge in [-0.05, 0) is 44.7 Å². The van der Waals surface area contributed by atoms with Gasteiger partial charge in [0.25, 0.3) is 0 Å². The topological polar surface area (TPSA) is 74.7 Å². The maximum atomic E-state index is 9.07. The fourth-order valence-corrected chi connectivity index (χ4v) is 4.25. The summed E-state index contributed by atoms with van der Waals surface area (Å²) in [5.41, 5.74) is 9.07. The van der Waals surface area contributed by atoms with Crippen molar-refractivity contribution in [1.29, 1.82) is 0 Å². The molecule has 0 unspecified atom stereocenters. The summed E-state index contributed by atoms with van der Waals surface area (Å²) in [4.78, 5) is 7.14. The molecule has 0 saturated carbocycles. The van der Waals surface area contributed by atoms with E-state index in [2.05, 4.69) is 30.0 Å². The zero-order valence-corrected chi connectivity index (χ0v) is 13.4. The molecule has 1 aromatic rings. The number of thioether (sulfide) groups is 1. The summed E-state index contributed by atoms with van der Waals surface area (Å²) >= 11 is 1.98. The summed E-state index contributed by atoms with van der Waals surface area (Å²) in [6.07, 6.45) is 3.21. The number of hydrogen-bond acceptors (Lipinski definition) is 5. The van der Waals surface area contributed by atoms with Crippen molar-refractivity contribution in [1.82, 2.24) is 4.98 Å². The Balaban J connectivity index is 2.04. The zero-order valence-electron chi connectivity index (χ0n) is 12.6. The third kappa shape index (κ3) is 2.81. The number of fused-ring (bicyclic) bond motifs is 1. The van der Waals surface area contributed by atoms with E-state index in [1.165, 1.54) is 11.3 Å². The molecule has 3 rings (SSSR count). The first-order chi connectivity index (χ1) is 10.00. The lowest BCUT2D eigenvalue weighted by Crippen LogP contribution is -2.44. The molecule has 21 heavy (non-hydrogen) atoms. The SMILES string of the molecule is CC1(C)CN(c2nc3c(cc2C(N)=NO)CCC3)CCS1. The van der Waals surface area contributed by atoms with E-state index in [0.29, 0.717) is 0 Å². The second-order valence-corrected chi connectivity index (χ2v) is 8.14. The summed E-state index contributed by atoms with van der Waals surface area (Å²) in [6, 6.07) is 2.06. The molecule has 0 spiro atoms. The lowest BCUT2D eigenvalue weighted by atomic mass is 10.1. The summed E-state index contributed by atoms with van der Waals surface area (Å²) in [5, 5.41) is 12.3. The van der Waals surface area contributed by atoms with Crippen LogP contribution in [0.2, 0.25) is 0 Å². The van der Waals surface area contributed by atoms with Crippen LogP contribution in [0.25, 0.3) is 0 Å². The molecular formula is C15H22N4OS. The van der Waals surface area contributed by atoms with Gasteiger partial charge >= 0.3 is 0 Å². The number of amidine groups is 1. The second-order valence-electron chi connectivity index (χ2n) is 6.33. The van der Waals surface area contributed by atoms with Crippen molar-refractivity contribution < 1.29 is 5.21 Å². The van der Waals surface area contributed by atoms with Crippen molar-refractivity contribution in [3.63, 3.8) is 0 Å². The highest BCUT2D eigenvalue weighted by Gasteiger charge is 2.30. The summed E-state index contributed by atoms with van der Waals surface area (Å²) in [6.45, 7) is 6.38. The summed E-state index contributed by atoms with van der Waals surface area (Å²) in [7, 11) is 0. The van der Waals surface area contributed by atoms with E-state index < -0.39 is 0 Å². The Morgan fingerprint density at radius 1 is 1.48 bits per heavy atom. The van der Waals surface area contributed by atoms with Gasteiger partial charge in [-0.2, -0.15) is 11.8 Å². The predicted molar refractivity (Wildman–Crippen MR) is 87.5 cm³/mol. The van der Waals surface area contributed by atoms with Crippen molar-refractivity contribution in [3.8, 4) is 0 Å². The lowest BCUT2D eigenvalue weighted by molar-refractivity contribution is 0.318. The van der Waals surface area contributed by atoms with Gasteiger partial charge in [0.2, 0.25) is 0 Å². The van der Waals surface area contributed by atoms with E-state index in [1.54, 1.807) is 0 Å². The monoisotopic (exact) mass is 306 g/mol. The molecule has 3 N–H and O–H groups in total. The molecule has 6 heteroatoms. The fraction of sp³-hybridized carbons (Fsp3) is 0.600. The first kappa shape index (κ1) is 14.5. The highest BCUT2D eigenvalue weighted by molar-refractivity contribution is 8.00. The number of aromatic nitrogens is 1. The molecule has 0 atom stereocenters. The molecule has 0 amide bonds. The third-order valence-electron chi connectivity index (χ3n) is 4.14. The van der Waals surface area contributed by atoms with Crippen LogP contribution in [-0.4, -0.2) is 39.6 Å². The molecule has 2 heterocycles. The highest BCUT2D eigenvalue weighted by atomic mass is 32.2. The largest absolute Gasteiger partial charge is 0.409 e. The van der Waals surface area contributed by atoms with E-state index in [9.17, 15) is 0 Å². The van der Waals surface area contributed by atoms with E-state index in [-0.39, 0.29) is 10.6 Å². The van der Waals surface area contributed by atoms with Crippen LogP contribution >= 0.6 is 11.8 Å². The molecule has 5 nitrogen and oxygen atoms in total. The zero-order chi connectivity index (χ0) is 15.0. The van der Waals surface area contributed by atoms with Gasteiger partial charge < -0.3 is 15.8 Å². The lowest BCUT2D eigenvalue weighted by Gasteiger charge is -2.39. The van der Waals surface area contributed by atoms with Crippen LogP contribution in [0.4, 0.5) is 5.82 Å². The van der Waals surface area contributed by atoms with Crippen molar-refractivity contribution in [3.05, 3.63) is 22.9 Å². The number of hydrogen-bond donors (Lipinski definition) is 2. The molecule has 1 aromatic heterocycles. The van der Waals surface area contributed by atoms with Gasteiger partial charge in [-0.15, -0.1) is 0 Å². The van der Waals surface area contributed by atoms with E-state index in [0.717, 1.165) is 49.5 Å². The van der Waals surface area contributed by atoms with Crippen molar-refractivity contribution in [2.45, 2.75) is 37.9 Å². The maximum absolute atomic E-state index is 9.07. The van der Waals surface area contributed by atoms with E-state index in [4.69, 9.17) is 15.9 Å². The van der Waals surface area contributed by atoms with Crippen LogP contribution in [0.3, 0.4) is 0 Å². The van der Waals surface area contributed by atoms with Crippen LogP contribution in [0.5, 0.6) is 0 Å². The van der Waals surface area contributed by atoms with Gasteiger partial charge in [0.15, 0.2) is 5.84 Å². The molecule has 2 aliphatic rings. The quantitative estimate of drug-likeness (QED) is 0.378. The Hall–Kier alpha value is -1.43. The normalized spacial score (nSPS) is 21.4. The van der Waals surface area contributed by atoms with Crippen LogP contribution < -0.4 is 10.6 Å². The first-order valence-electron chi connectivity index (χ1n) is 7.40. The van der Waals surface area contributed by atoms with Crippen LogP contribution in [-0.2, 0) is 12.8 Å². The molecule has 1 saturated heterocycles. The van der Waals surface area contributed by atoms with E-state index in [1.807, 2.05) is 11.8 Å². The minimum absolute atomic E-state index is 0.156. The van der Waals surface area contributed by atoms with Crippen LogP contribution in [0, 0.1) is 0 Å². The number of rotatable bonds is 2. The van der Waals surface area contributed by atoms with Crippen LogP contribution in [0.15, 0.2) is 11.2 Å². The van der Waals surface area contributed by atoms with Gasteiger partial charge in [0.1, 0.15) is 5.82 Å². The Morgan fingerprint density at radius 3 is 3.00 bits per heavy atom. The van der Waals surface area contributed by atoms with Crippen molar-refractivity contribution in [2.24, 2.45) is 10.9 Å². The Bertz CT molecular complexity index is 585. The third-order valence-corrected chi connectivity index (χ3v) is 5.44. The Labute approximate surface area is 129 Å². The Kier molecular flexibility index (Phi) is 3.73. The van der Waals surface area contributed by atoms with Gasteiger partial charge in [-0.25, -0.2) is 4.98 Å². The molecule has 1 aliphatic carbocycles. The average molecular weight is 306 g/mol. The maximum Gasteiger partial charge on any atom is 0.173 e. The fourth-order valence-electron chi connectivity index (χ4n) is 3.14. The van der Waals surface area contributed by atoms with Crippen molar-refractivity contribution >= 4 is 23.4 Å². The highest BCUT2D eigenvalue weighted by Crippen LogP contribution is 2.34. The van der Waals surface area contributed by atoms with Crippen molar-refractivity contribution in [2.75, 3.05) is 23.7 Å². The van der Waals surface area contributed by atoms with Gasteiger partial charge in [0, 0.05) is 29.3 Å². The Morgan fingerprint density at radius 2 is 2.29 bits per heavy atom. The standard InChI is InChI=1S/C15H22N4OS/c1-15(2)9-19(6-7-21-15)14-11(13(16)18-20)8-10-4-3-5-12(10)17-14/h8,20H,3-7,9H2,1-2H3,(H2,16,18). The molecule has 0 radical (unpaired) electrons. The number of oxime groups is 1. The van der Waals surface area contributed by atoms with E-state index >= 15 is 0 Å². The summed E-state index contributed by atoms with van der Waals surface area (Å²) < 4.78 is 0.196. The second kappa shape index (κ2) is 5.40. The minimum Gasteiger partial charge on any atom is -0.409 e. The first-order valence-corrected chi connectivity index (χ1v) is 8.38. The number of pyridine rings is 1. The predicted octanol–water partition coefficient (Wildman–Crippen LogP) is 2.00. The number of nitrogens with two attached hydrogens (primary N) is 1. The smallest absolute Gasteiger partial charge is 0.173 e. The molecule has 1 fully saturated rings. The van der Waals surface area contributed by atoms with Gasteiger partial charge in [-0.1, -0.05) is 5.16 Å². The number of nitrogens with zero attached hydrogens (tertiary/aromatic N) is 3. The molecule has 0 aromatic carbocycles. The van der Waals surface area contributed by atoms with Gasteiger partial charge in [-0.3, -0.25) is 0 Å². The van der Waals surface area contributed by atoms with Gasteiger partial charge in [0.05, 0.1) is 5.56 Å². The number of anilines is 1.